The van der Waals surface area contributed by atoms with Crippen molar-refractivity contribution in [2.24, 2.45) is 5.92 Å². The fourth-order valence-electron chi connectivity index (χ4n) is 2.03. The van der Waals surface area contributed by atoms with E-state index >= 15 is 0 Å². The van der Waals surface area contributed by atoms with Gasteiger partial charge in [-0.15, -0.1) is 11.8 Å². The summed E-state index contributed by atoms with van der Waals surface area (Å²) < 4.78 is 1.04. The van der Waals surface area contributed by atoms with Crippen molar-refractivity contribution >= 4 is 33.6 Å². The maximum atomic E-state index is 11.6. The van der Waals surface area contributed by atoms with Gasteiger partial charge in [0.25, 0.3) is 5.91 Å². The smallest absolute Gasteiger partial charge is 0.296 e. The summed E-state index contributed by atoms with van der Waals surface area (Å²) in [5.41, 5.74) is 1.18. The molecular formula is C14H14BrNOS. The summed E-state index contributed by atoms with van der Waals surface area (Å²) in [5.74, 6) is 6.38. The molecule has 2 atom stereocenters. The topological polar surface area (TPSA) is 29.1 Å². The van der Waals surface area contributed by atoms with E-state index in [2.05, 4.69) is 52.1 Å². The lowest BCUT2D eigenvalue weighted by atomic mass is 9.95. The normalized spacial score (nSPS) is 21.5. The molecule has 0 radical (unpaired) electrons. The Morgan fingerprint density at radius 3 is 3.06 bits per heavy atom. The van der Waals surface area contributed by atoms with Gasteiger partial charge in [0.15, 0.2) is 0 Å². The van der Waals surface area contributed by atoms with Gasteiger partial charge in [-0.2, -0.15) is 0 Å². The number of carbonyl (C=O) groups is 1. The SMILES string of the molecule is CC#CC(=O)N[C@H]1c2cc(Br)ccc2SC[C@@H]1C. The van der Waals surface area contributed by atoms with Crippen LogP contribution in [0.4, 0.5) is 0 Å². The molecule has 1 amide bonds. The molecule has 94 valence electrons. The van der Waals surface area contributed by atoms with E-state index in [4.69, 9.17) is 0 Å². The molecule has 1 aliphatic heterocycles. The standard InChI is InChI=1S/C14H14BrNOS/c1-3-4-13(17)16-14-9(2)8-18-12-6-5-10(15)7-11(12)14/h5-7,9,14H,8H2,1-2H3,(H,16,17)/t9-,14+/m0/s1. The third-order valence-electron chi connectivity index (χ3n) is 2.90. The molecule has 0 aliphatic carbocycles. The van der Waals surface area contributed by atoms with E-state index in [9.17, 15) is 4.79 Å². The zero-order chi connectivity index (χ0) is 13.1. The zero-order valence-electron chi connectivity index (χ0n) is 10.3. The summed E-state index contributed by atoms with van der Waals surface area (Å²) >= 11 is 5.33. The molecule has 2 rings (SSSR count). The number of hydrogen-bond acceptors (Lipinski definition) is 2. The van der Waals surface area contributed by atoms with Crippen LogP contribution in [0.25, 0.3) is 0 Å². The van der Waals surface area contributed by atoms with Crippen LogP contribution in [0.15, 0.2) is 27.6 Å². The fraction of sp³-hybridized carbons (Fsp3) is 0.357. The van der Waals surface area contributed by atoms with E-state index in [-0.39, 0.29) is 11.9 Å². The van der Waals surface area contributed by atoms with Gasteiger partial charge in [-0.05, 0) is 42.5 Å². The van der Waals surface area contributed by atoms with E-state index in [0.29, 0.717) is 5.92 Å². The molecule has 1 aromatic rings. The van der Waals surface area contributed by atoms with Crippen molar-refractivity contribution < 1.29 is 4.79 Å². The molecule has 0 saturated heterocycles. The molecule has 1 aromatic carbocycles. The summed E-state index contributed by atoms with van der Waals surface area (Å²) in [6.45, 7) is 3.82. The Kier molecular flexibility index (Phi) is 4.36. The van der Waals surface area contributed by atoms with Crippen molar-refractivity contribution in [3.63, 3.8) is 0 Å². The van der Waals surface area contributed by atoms with Gasteiger partial charge in [0.1, 0.15) is 0 Å². The van der Waals surface area contributed by atoms with Gasteiger partial charge in [0.2, 0.25) is 0 Å². The summed E-state index contributed by atoms with van der Waals surface area (Å²) in [7, 11) is 0. The second-order valence-electron chi connectivity index (χ2n) is 4.30. The average Bonchev–Trinajstić information content (AvgIpc) is 2.33. The van der Waals surface area contributed by atoms with Crippen LogP contribution in [0.2, 0.25) is 0 Å². The Bertz CT molecular complexity index is 532. The third kappa shape index (κ3) is 2.90. The van der Waals surface area contributed by atoms with Crippen LogP contribution in [-0.4, -0.2) is 11.7 Å². The first-order chi connectivity index (χ1) is 8.61. The molecule has 0 fully saturated rings. The first-order valence-corrected chi connectivity index (χ1v) is 7.55. The van der Waals surface area contributed by atoms with Crippen molar-refractivity contribution in [2.75, 3.05) is 5.75 Å². The fourth-order valence-corrected chi connectivity index (χ4v) is 3.56. The van der Waals surface area contributed by atoms with Gasteiger partial charge in [-0.3, -0.25) is 4.79 Å². The highest BCUT2D eigenvalue weighted by Crippen LogP contribution is 2.40. The predicted molar refractivity (Wildman–Crippen MR) is 78.4 cm³/mol. The molecule has 0 bridgehead atoms. The zero-order valence-corrected chi connectivity index (χ0v) is 12.7. The van der Waals surface area contributed by atoms with Crippen molar-refractivity contribution in [1.29, 1.82) is 0 Å². The highest BCUT2D eigenvalue weighted by atomic mass is 79.9. The van der Waals surface area contributed by atoms with Crippen LogP contribution in [0.1, 0.15) is 25.5 Å². The van der Waals surface area contributed by atoms with Gasteiger partial charge in [-0.25, -0.2) is 0 Å². The monoisotopic (exact) mass is 323 g/mol. The summed E-state index contributed by atoms with van der Waals surface area (Å²) in [4.78, 5) is 12.9. The Balaban J connectivity index is 2.31. The minimum absolute atomic E-state index is 0.0482. The average molecular weight is 324 g/mol. The van der Waals surface area contributed by atoms with E-state index in [1.807, 2.05) is 17.8 Å². The van der Waals surface area contributed by atoms with Crippen molar-refractivity contribution in [3.05, 3.63) is 28.2 Å². The summed E-state index contributed by atoms with van der Waals surface area (Å²) in [6.07, 6.45) is 0. The molecule has 18 heavy (non-hydrogen) atoms. The quantitative estimate of drug-likeness (QED) is 0.803. The third-order valence-corrected chi connectivity index (χ3v) is 4.77. The van der Waals surface area contributed by atoms with Crippen LogP contribution < -0.4 is 5.32 Å². The van der Waals surface area contributed by atoms with E-state index < -0.39 is 0 Å². The van der Waals surface area contributed by atoms with Crippen molar-refractivity contribution in [2.45, 2.75) is 24.8 Å². The van der Waals surface area contributed by atoms with Gasteiger partial charge >= 0.3 is 0 Å². The maximum Gasteiger partial charge on any atom is 0.296 e. The Hall–Kier alpha value is -0.920. The van der Waals surface area contributed by atoms with Crippen LogP contribution in [0.3, 0.4) is 0 Å². The van der Waals surface area contributed by atoms with Gasteiger partial charge in [0, 0.05) is 15.1 Å². The number of nitrogens with one attached hydrogen (secondary N) is 1. The number of halogens is 1. The molecule has 1 aliphatic rings. The predicted octanol–water partition coefficient (Wildman–Crippen LogP) is 3.37. The Morgan fingerprint density at radius 2 is 2.33 bits per heavy atom. The second-order valence-corrected chi connectivity index (χ2v) is 6.27. The lowest BCUT2D eigenvalue weighted by Gasteiger charge is -2.31. The highest BCUT2D eigenvalue weighted by Gasteiger charge is 2.28. The minimum atomic E-state index is -0.202. The Morgan fingerprint density at radius 1 is 1.56 bits per heavy atom. The van der Waals surface area contributed by atoms with Crippen LogP contribution in [-0.2, 0) is 4.79 Å². The Labute approximate surface area is 120 Å². The summed E-state index contributed by atoms with van der Waals surface area (Å²) in [6, 6.07) is 6.27. The lowest BCUT2D eigenvalue weighted by Crippen LogP contribution is -2.34. The molecule has 0 unspecified atom stereocenters. The van der Waals surface area contributed by atoms with Gasteiger partial charge < -0.3 is 5.32 Å². The number of rotatable bonds is 1. The van der Waals surface area contributed by atoms with E-state index in [1.54, 1.807) is 6.92 Å². The van der Waals surface area contributed by atoms with Crippen LogP contribution >= 0.6 is 27.7 Å². The number of hydrogen-bond donors (Lipinski definition) is 1. The van der Waals surface area contributed by atoms with Crippen molar-refractivity contribution in [3.8, 4) is 11.8 Å². The molecule has 0 saturated carbocycles. The summed E-state index contributed by atoms with van der Waals surface area (Å²) in [5, 5.41) is 3.01. The minimum Gasteiger partial charge on any atom is -0.338 e. The molecule has 2 nitrogen and oxygen atoms in total. The van der Waals surface area contributed by atoms with Crippen LogP contribution in [0, 0.1) is 17.8 Å². The highest BCUT2D eigenvalue weighted by molar-refractivity contribution is 9.10. The second kappa shape index (κ2) is 5.81. The van der Waals surface area contributed by atoms with Crippen molar-refractivity contribution in [1.82, 2.24) is 5.32 Å². The first kappa shape index (κ1) is 13.5. The molecule has 0 spiro atoms. The molecule has 1 N–H and O–H groups in total. The molecule has 0 aromatic heterocycles. The van der Waals surface area contributed by atoms with Gasteiger partial charge in [-0.1, -0.05) is 28.8 Å². The number of thioether (sulfide) groups is 1. The van der Waals surface area contributed by atoms with Gasteiger partial charge in [0.05, 0.1) is 6.04 Å². The number of benzene rings is 1. The van der Waals surface area contributed by atoms with E-state index in [0.717, 1.165) is 10.2 Å². The maximum absolute atomic E-state index is 11.6. The molecule has 1 heterocycles. The van der Waals surface area contributed by atoms with Crippen LogP contribution in [0.5, 0.6) is 0 Å². The molecular weight excluding hydrogens is 310 g/mol. The lowest BCUT2D eigenvalue weighted by molar-refractivity contribution is -0.116. The first-order valence-electron chi connectivity index (χ1n) is 5.77. The largest absolute Gasteiger partial charge is 0.338 e. The number of carbonyl (C=O) groups excluding carboxylic acids is 1. The molecule has 4 heteroatoms. The number of amides is 1. The number of fused-ring (bicyclic) bond motifs is 1. The van der Waals surface area contributed by atoms with E-state index in [1.165, 1.54) is 10.5 Å².